The van der Waals surface area contributed by atoms with Gasteiger partial charge in [0.1, 0.15) is 6.61 Å². The summed E-state index contributed by atoms with van der Waals surface area (Å²) < 4.78 is 15.3. The van der Waals surface area contributed by atoms with Crippen LogP contribution < -0.4 is 5.32 Å². The zero-order valence-corrected chi connectivity index (χ0v) is 21.1. The van der Waals surface area contributed by atoms with Gasteiger partial charge in [-0.1, -0.05) is 44.2 Å². The van der Waals surface area contributed by atoms with Crippen LogP contribution in [0, 0.1) is 17.8 Å². The quantitative estimate of drug-likeness (QED) is 0.248. The van der Waals surface area contributed by atoms with Gasteiger partial charge in [-0.2, -0.15) is 0 Å². The number of rotatable bonds is 18. The third-order valence-corrected chi connectivity index (χ3v) is 5.87. The van der Waals surface area contributed by atoms with Crippen LogP contribution in [0.2, 0.25) is 0 Å². The smallest absolute Gasteiger partial charge is 0.407 e. The number of alkyl carbamates (subject to hydrolysis) is 1. The van der Waals surface area contributed by atoms with Crippen LogP contribution in [0.25, 0.3) is 0 Å². The number of carbonyl (C=O) groups excluding carboxylic acids is 4. The molecule has 0 bridgehead atoms. The van der Waals surface area contributed by atoms with Crippen LogP contribution in [0.5, 0.6) is 0 Å². The molecule has 2 atom stereocenters. The normalized spacial score (nSPS) is 14.9. The molecule has 194 valence electrons. The largest absolute Gasteiger partial charge is 0.447 e. The summed E-state index contributed by atoms with van der Waals surface area (Å²) in [7, 11) is 1.57. The number of carbonyl (C=O) groups is 4. The molecule has 8 heteroatoms. The van der Waals surface area contributed by atoms with Crippen LogP contribution in [0.4, 0.5) is 4.79 Å². The third kappa shape index (κ3) is 11.6. The predicted molar refractivity (Wildman–Crippen MR) is 131 cm³/mol. The molecule has 0 heterocycles. The van der Waals surface area contributed by atoms with E-state index in [0.29, 0.717) is 32.0 Å². The van der Waals surface area contributed by atoms with Crippen molar-refractivity contribution < 1.29 is 33.4 Å². The molecule has 1 fully saturated rings. The van der Waals surface area contributed by atoms with Crippen molar-refractivity contribution in [1.29, 1.82) is 0 Å². The molecule has 0 radical (unpaired) electrons. The number of nitrogens with one attached hydrogen (secondary N) is 1. The molecule has 0 spiro atoms. The van der Waals surface area contributed by atoms with E-state index in [4.69, 9.17) is 14.2 Å². The molecule has 1 aromatic carbocycles. The lowest BCUT2D eigenvalue weighted by molar-refractivity contribution is -0.140. The molecule has 0 saturated heterocycles. The van der Waals surface area contributed by atoms with Crippen molar-refractivity contribution in [2.45, 2.75) is 58.4 Å². The van der Waals surface area contributed by atoms with Crippen LogP contribution in [-0.4, -0.2) is 63.0 Å². The predicted octanol–water partition coefficient (Wildman–Crippen LogP) is 3.55. The molecule has 1 aliphatic carbocycles. The molecule has 0 unspecified atom stereocenters. The van der Waals surface area contributed by atoms with E-state index in [9.17, 15) is 19.2 Å². The van der Waals surface area contributed by atoms with Gasteiger partial charge in [-0.25, -0.2) is 4.79 Å². The van der Waals surface area contributed by atoms with Crippen LogP contribution >= 0.6 is 0 Å². The minimum atomic E-state index is -0.804. The Morgan fingerprint density at radius 1 is 1.00 bits per heavy atom. The summed E-state index contributed by atoms with van der Waals surface area (Å²) >= 11 is 0. The highest BCUT2D eigenvalue weighted by Crippen LogP contribution is 2.33. The Labute approximate surface area is 208 Å². The van der Waals surface area contributed by atoms with Crippen molar-refractivity contribution in [2.75, 3.05) is 33.5 Å². The first-order valence-corrected chi connectivity index (χ1v) is 12.4. The molecule has 8 nitrogen and oxygen atoms in total. The number of hydrogen-bond acceptors (Lipinski definition) is 7. The van der Waals surface area contributed by atoms with E-state index < -0.39 is 29.6 Å². The van der Waals surface area contributed by atoms with Gasteiger partial charge in [0.05, 0.1) is 25.9 Å². The Morgan fingerprint density at radius 2 is 1.69 bits per heavy atom. The van der Waals surface area contributed by atoms with Crippen molar-refractivity contribution in [1.82, 2.24) is 5.32 Å². The standard InChI is InChI=1S/C27H39NO7/c1-19(2)15-23(28-27(32)35-14-13-34-12-11-33-3)24(29)18-22(16-20-7-5-4-6-8-20)26(31)25(30)17-21-9-10-21/h4-8,19,21-23H,9-18H2,1-3H3,(H,28,32)/t22-,23+/m1/s1. The van der Waals surface area contributed by atoms with Crippen molar-refractivity contribution in [2.24, 2.45) is 17.8 Å². The fraction of sp³-hybridized carbons (Fsp3) is 0.630. The van der Waals surface area contributed by atoms with Gasteiger partial charge in [0.25, 0.3) is 0 Å². The van der Waals surface area contributed by atoms with Crippen molar-refractivity contribution in [3.8, 4) is 0 Å². The van der Waals surface area contributed by atoms with E-state index in [-0.39, 0.29) is 37.8 Å². The number of amides is 1. The fourth-order valence-electron chi connectivity index (χ4n) is 3.82. The summed E-state index contributed by atoms with van der Waals surface area (Å²) in [4.78, 5) is 51.1. The lowest BCUT2D eigenvalue weighted by atomic mass is 9.85. The molecule has 0 aliphatic heterocycles. The summed E-state index contributed by atoms with van der Waals surface area (Å²) in [5.74, 6) is -1.50. The van der Waals surface area contributed by atoms with Crippen molar-refractivity contribution >= 4 is 23.4 Å². The van der Waals surface area contributed by atoms with Crippen LogP contribution in [0.15, 0.2) is 30.3 Å². The molecule has 1 aromatic rings. The van der Waals surface area contributed by atoms with E-state index in [1.54, 1.807) is 7.11 Å². The molecule has 0 aromatic heterocycles. The van der Waals surface area contributed by atoms with Crippen LogP contribution in [-0.2, 0) is 35.0 Å². The highest BCUT2D eigenvalue weighted by molar-refractivity contribution is 6.38. The molecular weight excluding hydrogens is 450 g/mol. The maximum Gasteiger partial charge on any atom is 0.407 e. The topological polar surface area (TPSA) is 108 Å². The van der Waals surface area contributed by atoms with Gasteiger partial charge in [0.2, 0.25) is 5.78 Å². The number of methoxy groups -OCH3 is 1. The molecule has 2 rings (SSSR count). The number of benzene rings is 1. The molecule has 1 aliphatic rings. The maximum absolute atomic E-state index is 13.3. The van der Waals surface area contributed by atoms with Gasteiger partial charge in [-0.3, -0.25) is 14.4 Å². The number of ether oxygens (including phenoxy) is 3. The first-order chi connectivity index (χ1) is 16.8. The molecular formula is C27H39NO7. The van der Waals surface area contributed by atoms with E-state index in [2.05, 4.69) is 5.32 Å². The maximum atomic E-state index is 13.3. The first kappa shape index (κ1) is 28.7. The summed E-state index contributed by atoms with van der Waals surface area (Å²) in [6.07, 6.45) is 2.09. The molecule has 1 amide bonds. The minimum Gasteiger partial charge on any atom is -0.447 e. The number of Topliss-reactive ketones (excluding diaryl/α,β-unsaturated/α-hetero) is 3. The Kier molecular flexibility index (Phi) is 12.6. The lowest BCUT2D eigenvalue weighted by Crippen LogP contribution is -2.43. The van der Waals surface area contributed by atoms with Crippen molar-refractivity contribution in [3.63, 3.8) is 0 Å². The SMILES string of the molecule is COCCOCCOC(=O)N[C@@H](CC(C)C)C(=O)C[C@@H](Cc1ccccc1)C(=O)C(=O)CC1CC1. The first-order valence-electron chi connectivity index (χ1n) is 12.4. The van der Waals surface area contributed by atoms with E-state index >= 15 is 0 Å². The highest BCUT2D eigenvalue weighted by Gasteiger charge is 2.34. The second kappa shape index (κ2) is 15.4. The van der Waals surface area contributed by atoms with E-state index in [1.165, 1.54) is 0 Å². The average molecular weight is 490 g/mol. The minimum absolute atomic E-state index is 0.0446. The van der Waals surface area contributed by atoms with Gasteiger partial charge in [0, 0.05) is 25.9 Å². The summed E-state index contributed by atoms with van der Waals surface area (Å²) in [6.45, 7) is 5.00. The van der Waals surface area contributed by atoms with Crippen LogP contribution in [0.1, 0.15) is 51.5 Å². The van der Waals surface area contributed by atoms with Gasteiger partial charge >= 0.3 is 6.09 Å². The second-order valence-corrected chi connectivity index (χ2v) is 9.56. The fourth-order valence-corrected chi connectivity index (χ4v) is 3.82. The number of hydrogen-bond donors (Lipinski definition) is 1. The van der Waals surface area contributed by atoms with Crippen LogP contribution in [0.3, 0.4) is 0 Å². The monoisotopic (exact) mass is 489 g/mol. The van der Waals surface area contributed by atoms with Gasteiger partial charge in [-0.05, 0) is 43.1 Å². The summed E-state index contributed by atoms with van der Waals surface area (Å²) in [5.41, 5.74) is 0.888. The molecule has 1 N–H and O–H groups in total. The van der Waals surface area contributed by atoms with Crippen molar-refractivity contribution in [3.05, 3.63) is 35.9 Å². The second-order valence-electron chi connectivity index (χ2n) is 9.56. The highest BCUT2D eigenvalue weighted by atomic mass is 16.6. The zero-order valence-electron chi connectivity index (χ0n) is 21.1. The van der Waals surface area contributed by atoms with Gasteiger partial charge in [0.15, 0.2) is 11.6 Å². The van der Waals surface area contributed by atoms with Gasteiger partial charge < -0.3 is 19.5 Å². The van der Waals surface area contributed by atoms with E-state index in [1.807, 2.05) is 44.2 Å². The molecule has 1 saturated carbocycles. The zero-order chi connectivity index (χ0) is 25.6. The van der Waals surface area contributed by atoms with E-state index in [0.717, 1.165) is 18.4 Å². The Hall–Kier alpha value is -2.58. The Bertz CT molecular complexity index is 820. The average Bonchev–Trinajstić information content (AvgIpc) is 3.64. The lowest BCUT2D eigenvalue weighted by Gasteiger charge is -2.22. The Morgan fingerprint density at radius 3 is 2.31 bits per heavy atom. The Balaban J connectivity index is 2.00. The summed E-state index contributed by atoms with van der Waals surface area (Å²) in [6, 6.07) is 8.56. The number of ketones is 3. The third-order valence-electron chi connectivity index (χ3n) is 5.87. The summed E-state index contributed by atoms with van der Waals surface area (Å²) in [5, 5.41) is 2.64. The molecule has 35 heavy (non-hydrogen) atoms. The van der Waals surface area contributed by atoms with Gasteiger partial charge in [-0.15, -0.1) is 0 Å².